The third kappa shape index (κ3) is 3.44. The number of rotatable bonds is 3. The lowest BCUT2D eigenvalue weighted by Gasteiger charge is -2.45. The summed E-state index contributed by atoms with van der Waals surface area (Å²) in [6, 6.07) is 0.566. The van der Waals surface area contributed by atoms with Crippen LogP contribution in [0.15, 0.2) is 0 Å². The van der Waals surface area contributed by atoms with Crippen molar-refractivity contribution < 1.29 is 4.74 Å². The molecule has 0 saturated carbocycles. The molecule has 2 fully saturated rings. The molecule has 0 bridgehead atoms. The third-order valence-corrected chi connectivity index (χ3v) is 3.54. The molecule has 2 aliphatic heterocycles. The molecule has 1 atom stereocenters. The van der Waals surface area contributed by atoms with E-state index < -0.39 is 0 Å². The van der Waals surface area contributed by atoms with Crippen molar-refractivity contribution in [2.24, 2.45) is 0 Å². The molecule has 0 radical (unpaired) electrons. The van der Waals surface area contributed by atoms with Gasteiger partial charge in [-0.3, -0.25) is 0 Å². The van der Waals surface area contributed by atoms with Gasteiger partial charge >= 0.3 is 0 Å². The molecule has 2 heterocycles. The van der Waals surface area contributed by atoms with E-state index in [1.807, 2.05) is 0 Å². The summed E-state index contributed by atoms with van der Waals surface area (Å²) in [5.74, 6) is 0. The standard InChI is InChI=1S/C12H23N2O/c1-2-14-8-6-11(7-9-14)13-12-5-3-4-10-15-12/h11-12H,2-10H2,1H3/q-1. The number of piperidine rings is 1. The molecule has 0 aromatic heterocycles. The van der Waals surface area contributed by atoms with Crippen LogP contribution in [0, 0.1) is 0 Å². The van der Waals surface area contributed by atoms with Gasteiger partial charge < -0.3 is 15.0 Å². The molecule has 0 amide bonds. The van der Waals surface area contributed by atoms with Crippen molar-refractivity contribution >= 4 is 0 Å². The molecule has 3 heteroatoms. The quantitative estimate of drug-likeness (QED) is 0.716. The Balaban J connectivity index is 1.67. The fourth-order valence-electron chi connectivity index (χ4n) is 2.46. The summed E-state index contributed by atoms with van der Waals surface area (Å²) >= 11 is 0. The zero-order valence-corrected chi connectivity index (χ0v) is 9.82. The average Bonchev–Trinajstić information content (AvgIpc) is 2.31. The minimum atomic E-state index is 0.219. The maximum Gasteiger partial charge on any atom is 0.0446 e. The maximum atomic E-state index is 5.65. The van der Waals surface area contributed by atoms with Crippen LogP contribution >= 0.6 is 0 Å². The first-order valence-electron chi connectivity index (χ1n) is 6.42. The van der Waals surface area contributed by atoms with Gasteiger partial charge in [-0.25, -0.2) is 0 Å². The smallest absolute Gasteiger partial charge is 0.0446 e. The Hall–Kier alpha value is -0.120. The second-order valence-corrected chi connectivity index (χ2v) is 4.64. The van der Waals surface area contributed by atoms with Gasteiger partial charge in [0.05, 0.1) is 0 Å². The summed E-state index contributed by atoms with van der Waals surface area (Å²) in [4.78, 5) is 2.51. The second kappa shape index (κ2) is 5.83. The van der Waals surface area contributed by atoms with Crippen LogP contribution in [0.1, 0.15) is 39.0 Å². The van der Waals surface area contributed by atoms with E-state index in [4.69, 9.17) is 10.1 Å². The highest BCUT2D eigenvalue weighted by Crippen LogP contribution is 2.25. The first kappa shape index (κ1) is 11.4. The summed E-state index contributed by atoms with van der Waals surface area (Å²) in [5, 5.41) is 4.81. The van der Waals surface area contributed by atoms with Gasteiger partial charge in [0.25, 0.3) is 0 Å². The van der Waals surface area contributed by atoms with Crippen molar-refractivity contribution in [3.63, 3.8) is 0 Å². The number of likely N-dealkylation sites (tertiary alicyclic amines) is 1. The van der Waals surface area contributed by atoms with E-state index in [-0.39, 0.29) is 6.23 Å². The highest BCUT2D eigenvalue weighted by Gasteiger charge is 2.14. The van der Waals surface area contributed by atoms with Crippen LogP contribution in [0.25, 0.3) is 5.32 Å². The summed E-state index contributed by atoms with van der Waals surface area (Å²) in [6.07, 6.45) is 6.34. The predicted octanol–water partition coefficient (Wildman–Crippen LogP) is 2.37. The van der Waals surface area contributed by atoms with Crippen LogP contribution in [0.2, 0.25) is 0 Å². The molecule has 0 aliphatic carbocycles. The Morgan fingerprint density at radius 3 is 2.60 bits per heavy atom. The second-order valence-electron chi connectivity index (χ2n) is 4.64. The molecule has 0 aromatic carbocycles. The zero-order chi connectivity index (χ0) is 10.5. The number of nitrogens with zero attached hydrogens (tertiary/aromatic N) is 2. The van der Waals surface area contributed by atoms with Crippen LogP contribution < -0.4 is 0 Å². The fourth-order valence-corrected chi connectivity index (χ4v) is 2.46. The Bertz CT molecular complexity index is 172. The summed E-state index contributed by atoms with van der Waals surface area (Å²) in [6.45, 7) is 6.78. The fraction of sp³-hybridized carbons (Fsp3) is 1.00. The highest BCUT2D eigenvalue weighted by atomic mass is 16.5. The highest BCUT2D eigenvalue weighted by molar-refractivity contribution is 4.98. The SMILES string of the molecule is CCN1CCC([N-]C2CCCCO2)CC1. The van der Waals surface area contributed by atoms with Gasteiger partial charge in [-0.1, -0.05) is 26.2 Å². The van der Waals surface area contributed by atoms with Crippen LogP contribution in [0.4, 0.5) is 0 Å². The topological polar surface area (TPSA) is 26.6 Å². The van der Waals surface area contributed by atoms with Gasteiger partial charge in [-0.2, -0.15) is 0 Å². The minimum absolute atomic E-state index is 0.219. The van der Waals surface area contributed by atoms with Crippen molar-refractivity contribution in [1.29, 1.82) is 0 Å². The van der Waals surface area contributed by atoms with E-state index in [2.05, 4.69) is 11.8 Å². The van der Waals surface area contributed by atoms with Crippen molar-refractivity contribution in [2.75, 3.05) is 26.2 Å². The van der Waals surface area contributed by atoms with Crippen LogP contribution in [-0.2, 0) is 4.74 Å². The average molecular weight is 211 g/mol. The summed E-state index contributed by atoms with van der Waals surface area (Å²) in [5.41, 5.74) is 0. The molecule has 3 nitrogen and oxygen atoms in total. The monoisotopic (exact) mass is 211 g/mol. The maximum absolute atomic E-state index is 5.65. The predicted molar refractivity (Wildman–Crippen MR) is 62.1 cm³/mol. The number of hydrogen-bond acceptors (Lipinski definition) is 2. The molecular formula is C12H23N2O-. The van der Waals surface area contributed by atoms with E-state index >= 15 is 0 Å². The Labute approximate surface area is 93.2 Å². The number of ether oxygens (including phenoxy) is 1. The lowest BCUT2D eigenvalue weighted by Crippen LogP contribution is -2.37. The van der Waals surface area contributed by atoms with Gasteiger partial charge in [0.1, 0.15) is 0 Å². The third-order valence-electron chi connectivity index (χ3n) is 3.54. The van der Waals surface area contributed by atoms with Crippen LogP contribution in [0.5, 0.6) is 0 Å². The molecule has 1 unspecified atom stereocenters. The summed E-state index contributed by atoms with van der Waals surface area (Å²) < 4.78 is 5.65. The molecule has 15 heavy (non-hydrogen) atoms. The molecule has 2 rings (SSSR count). The Kier molecular flexibility index (Phi) is 4.42. The van der Waals surface area contributed by atoms with E-state index in [1.54, 1.807) is 0 Å². The molecule has 0 N–H and O–H groups in total. The normalized spacial score (nSPS) is 30.6. The molecule has 0 spiro atoms. The van der Waals surface area contributed by atoms with Crippen molar-refractivity contribution in [2.45, 2.75) is 51.3 Å². The zero-order valence-electron chi connectivity index (χ0n) is 9.82. The van der Waals surface area contributed by atoms with Gasteiger partial charge in [0.2, 0.25) is 0 Å². The lowest BCUT2D eigenvalue weighted by molar-refractivity contribution is 0.0337. The van der Waals surface area contributed by atoms with Gasteiger partial charge in [-0.15, -0.1) is 6.04 Å². The molecule has 0 aromatic rings. The van der Waals surface area contributed by atoms with Crippen LogP contribution in [0.3, 0.4) is 0 Å². The van der Waals surface area contributed by atoms with E-state index in [0.717, 1.165) is 13.0 Å². The van der Waals surface area contributed by atoms with Crippen molar-refractivity contribution in [1.82, 2.24) is 4.90 Å². The Morgan fingerprint density at radius 1 is 1.20 bits per heavy atom. The van der Waals surface area contributed by atoms with Gasteiger partial charge in [-0.05, 0) is 38.7 Å². The summed E-state index contributed by atoms with van der Waals surface area (Å²) in [7, 11) is 0. The molecule has 2 saturated heterocycles. The Morgan fingerprint density at radius 2 is 2.00 bits per heavy atom. The van der Waals surface area contributed by atoms with E-state index in [0.29, 0.717) is 6.04 Å². The molecular weight excluding hydrogens is 188 g/mol. The van der Waals surface area contributed by atoms with E-state index in [9.17, 15) is 0 Å². The molecule has 2 aliphatic rings. The largest absolute Gasteiger partial charge is 0.634 e. The van der Waals surface area contributed by atoms with Gasteiger partial charge in [0.15, 0.2) is 0 Å². The first-order valence-corrected chi connectivity index (χ1v) is 6.42. The molecule has 88 valence electrons. The first-order chi connectivity index (χ1) is 7.38. The lowest BCUT2D eigenvalue weighted by atomic mass is 10.0. The van der Waals surface area contributed by atoms with Gasteiger partial charge in [0, 0.05) is 6.61 Å². The minimum Gasteiger partial charge on any atom is -0.634 e. The van der Waals surface area contributed by atoms with Crippen molar-refractivity contribution in [3.8, 4) is 0 Å². The van der Waals surface area contributed by atoms with Crippen LogP contribution in [-0.4, -0.2) is 43.4 Å². The van der Waals surface area contributed by atoms with E-state index in [1.165, 1.54) is 45.3 Å². The van der Waals surface area contributed by atoms with Crippen molar-refractivity contribution in [3.05, 3.63) is 5.32 Å². The number of hydrogen-bond donors (Lipinski definition) is 0.